The smallest absolute Gasteiger partial charge is 0.156 e. The summed E-state index contributed by atoms with van der Waals surface area (Å²) in [4.78, 5) is 4.29. The van der Waals surface area contributed by atoms with Crippen LogP contribution in [0.4, 0.5) is 0 Å². The average molecular weight is 235 g/mol. The van der Waals surface area contributed by atoms with Crippen LogP contribution in [0.5, 0.6) is 0 Å². The second-order valence-electron chi connectivity index (χ2n) is 3.97. The molecule has 2 rings (SSSR count). The Bertz CT molecular complexity index is 671. The Morgan fingerprint density at radius 1 is 1.39 bits per heavy atom. The first-order chi connectivity index (χ1) is 8.74. The van der Waals surface area contributed by atoms with E-state index in [4.69, 9.17) is 11.0 Å². The average Bonchev–Trinajstić information content (AvgIpc) is 2.43. The highest BCUT2D eigenvalue weighted by molar-refractivity contribution is 5.81. The van der Waals surface area contributed by atoms with Gasteiger partial charge in [0.15, 0.2) is 5.69 Å². The zero-order valence-corrected chi connectivity index (χ0v) is 10.1. The highest BCUT2D eigenvalue weighted by Crippen LogP contribution is 2.15. The van der Waals surface area contributed by atoms with Crippen LogP contribution in [0.15, 0.2) is 30.3 Å². The number of fused-ring (bicyclic) bond motifs is 1. The van der Waals surface area contributed by atoms with Crippen LogP contribution in [0, 0.1) is 23.2 Å². The van der Waals surface area contributed by atoms with Gasteiger partial charge in [0.2, 0.25) is 0 Å². The number of benzene rings is 1. The van der Waals surface area contributed by atoms with E-state index in [0.29, 0.717) is 11.3 Å². The summed E-state index contributed by atoms with van der Waals surface area (Å²) in [6.07, 6.45) is 0.788. The molecule has 1 atom stereocenters. The maximum atomic E-state index is 9.09. The minimum Gasteiger partial charge on any atom is -0.318 e. The van der Waals surface area contributed by atoms with Gasteiger partial charge in [0.05, 0.1) is 17.1 Å². The largest absolute Gasteiger partial charge is 0.318 e. The van der Waals surface area contributed by atoms with Crippen LogP contribution in [0.2, 0.25) is 0 Å². The van der Waals surface area contributed by atoms with Gasteiger partial charge in [-0.25, -0.2) is 4.98 Å². The molecular formula is C15H13N3. The van der Waals surface area contributed by atoms with Crippen LogP contribution in [0.1, 0.15) is 24.6 Å². The van der Waals surface area contributed by atoms with E-state index >= 15 is 0 Å². The molecule has 2 aromatic rings. The first-order valence-corrected chi connectivity index (χ1v) is 5.81. The maximum absolute atomic E-state index is 9.09. The minimum absolute atomic E-state index is 0.164. The first-order valence-electron chi connectivity index (χ1n) is 5.81. The number of hydrogen-bond donors (Lipinski definition) is 1. The molecule has 0 aliphatic rings. The quantitative estimate of drug-likeness (QED) is 0.771. The molecular weight excluding hydrogens is 222 g/mol. The molecule has 0 aliphatic heterocycles. The van der Waals surface area contributed by atoms with Crippen LogP contribution < -0.4 is 5.73 Å². The van der Waals surface area contributed by atoms with E-state index in [2.05, 4.69) is 22.9 Å². The zero-order valence-electron chi connectivity index (χ0n) is 10.1. The lowest BCUT2D eigenvalue weighted by Crippen LogP contribution is -2.15. The molecule has 0 aliphatic carbocycles. The molecule has 2 N–H and O–H groups in total. The number of hydrogen-bond acceptors (Lipinski definition) is 3. The molecule has 1 aromatic heterocycles. The van der Waals surface area contributed by atoms with Crippen molar-refractivity contribution in [1.82, 2.24) is 4.98 Å². The summed E-state index contributed by atoms with van der Waals surface area (Å²) >= 11 is 0. The molecule has 1 unspecified atom stereocenters. The van der Waals surface area contributed by atoms with Crippen molar-refractivity contribution in [3.63, 3.8) is 0 Å². The number of pyridine rings is 1. The van der Waals surface area contributed by atoms with Gasteiger partial charge in [-0.15, -0.1) is 0 Å². The molecule has 1 heterocycles. The second kappa shape index (κ2) is 5.31. The van der Waals surface area contributed by atoms with Gasteiger partial charge in [-0.2, -0.15) is 5.26 Å². The second-order valence-corrected chi connectivity index (χ2v) is 3.97. The summed E-state index contributed by atoms with van der Waals surface area (Å²) in [6, 6.07) is 11.5. The van der Waals surface area contributed by atoms with Gasteiger partial charge >= 0.3 is 0 Å². The number of nitriles is 1. The highest BCUT2D eigenvalue weighted by atomic mass is 14.7. The van der Waals surface area contributed by atoms with Crippen molar-refractivity contribution < 1.29 is 0 Å². The van der Waals surface area contributed by atoms with Gasteiger partial charge in [0, 0.05) is 5.39 Å². The predicted molar refractivity (Wildman–Crippen MR) is 71.6 cm³/mol. The Hall–Kier alpha value is -2.36. The number of para-hydroxylation sites is 1. The molecule has 0 saturated heterocycles. The fraction of sp³-hybridized carbons (Fsp3) is 0.200. The van der Waals surface area contributed by atoms with E-state index in [1.165, 1.54) is 0 Å². The Morgan fingerprint density at radius 3 is 2.89 bits per heavy atom. The normalized spacial score (nSPS) is 11.4. The Kier molecular flexibility index (Phi) is 3.57. The summed E-state index contributed by atoms with van der Waals surface area (Å²) < 4.78 is 0. The van der Waals surface area contributed by atoms with Crippen LogP contribution in [0.25, 0.3) is 10.9 Å². The molecule has 0 fully saturated rings. The van der Waals surface area contributed by atoms with Gasteiger partial charge < -0.3 is 5.73 Å². The van der Waals surface area contributed by atoms with Crippen molar-refractivity contribution in [3.05, 3.63) is 41.6 Å². The predicted octanol–water partition coefficient (Wildman–Crippen LogP) is 2.20. The van der Waals surface area contributed by atoms with Crippen molar-refractivity contribution in [2.75, 3.05) is 0 Å². The molecule has 18 heavy (non-hydrogen) atoms. The Morgan fingerprint density at radius 2 is 2.17 bits per heavy atom. The summed E-state index contributed by atoms with van der Waals surface area (Å²) in [5.41, 5.74) is 7.54. The highest BCUT2D eigenvalue weighted by Gasteiger charge is 2.04. The Balaban J connectivity index is 2.55. The summed E-state index contributed by atoms with van der Waals surface area (Å²) in [5, 5.41) is 10.1. The molecule has 0 spiro atoms. The van der Waals surface area contributed by atoms with Crippen molar-refractivity contribution in [2.45, 2.75) is 19.4 Å². The molecule has 88 valence electrons. The fourth-order valence-electron chi connectivity index (χ4n) is 1.57. The van der Waals surface area contributed by atoms with Crippen LogP contribution in [-0.4, -0.2) is 11.0 Å². The molecule has 3 heteroatoms. The van der Waals surface area contributed by atoms with E-state index in [0.717, 1.165) is 17.3 Å². The fourth-order valence-corrected chi connectivity index (χ4v) is 1.57. The van der Waals surface area contributed by atoms with Crippen molar-refractivity contribution >= 4 is 10.9 Å². The van der Waals surface area contributed by atoms with Crippen molar-refractivity contribution in [3.8, 4) is 17.9 Å². The van der Waals surface area contributed by atoms with Gasteiger partial charge in [-0.3, -0.25) is 0 Å². The lowest BCUT2D eigenvalue weighted by molar-refractivity contribution is 0.806. The zero-order chi connectivity index (χ0) is 13.0. The van der Waals surface area contributed by atoms with Crippen LogP contribution >= 0.6 is 0 Å². The lowest BCUT2D eigenvalue weighted by atomic mass is 10.1. The van der Waals surface area contributed by atoms with E-state index in [9.17, 15) is 0 Å². The van der Waals surface area contributed by atoms with Crippen molar-refractivity contribution in [1.29, 1.82) is 5.26 Å². The summed E-state index contributed by atoms with van der Waals surface area (Å²) in [5.74, 6) is 5.87. The number of nitrogens with zero attached hydrogens (tertiary/aromatic N) is 2. The summed E-state index contributed by atoms with van der Waals surface area (Å²) in [6.45, 7) is 1.98. The standard InChI is InChI=1S/C15H13N3/c1-2-13(17)8-7-12-9-11-5-3-4-6-14(11)18-15(12)10-16/h3-6,9,13H,2,17H2,1H3. The van der Waals surface area contributed by atoms with Crippen LogP contribution in [0.3, 0.4) is 0 Å². The van der Waals surface area contributed by atoms with Gasteiger partial charge in [0.25, 0.3) is 0 Å². The molecule has 0 bridgehead atoms. The Labute approximate surface area is 106 Å². The van der Waals surface area contributed by atoms with Gasteiger partial charge in [-0.05, 0) is 18.6 Å². The molecule has 1 aromatic carbocycles. The van der Waals surface area contributed by atoms with E-state index < -0.39 is 0 Å². The number of rotatable bonds is 1. The molecule has 0 radical (unpaired) electrons. The minimum atomic E-state index is -0.164. The van der Waals surface area contributed by atoms with E-state index in [-0.39, 0.29) is 6.04 Å². The lowest BCUT2D eigenvalue weighted by Gasteiger charge is -2.00. The van der Waals surface area contributed by atoms with E-state index in [1.807, 2.05) is 37.3 Å². The number of aromatic nitrogens is 1. The SMILES string of the molecule is CCC(N)C#Cc1cc2ccccc2nc1C#N. The molecule has 0 amide bonds. The van der Waals surface area contributed by atoms with Crippen LogP contribution in [-0.2, 0) is 0 Å². The summed E-state index contributed by atoms with van der Waals surface area (Å²) in [7, 11) is 0. The topological polar surface area (TPSA) is 62.7 Å². The van der Waals surface area contributed by atoms with Gasteiger partial charge in [0.1, 0.15) is 6.07 Å². The third-order valence-electron chi connectivity index (χ3n) is 2.66. The first kappa shape index (κ1) is 12.1. The number of nitrogens with two attached hydrogens (primary N) is 1. The third kappa shape index (κ3) is 2.48. The molecule has 0 saturated carbocycles. The van der Waals surface area contributed by atoms with Gasteiger partial charge in [-0.1, -0.05) is 37.0 Å². The van der Waals surface area contributed by atoms with E-state index in [1.54, 1.807) is 0 Å². The maximum Gasteiger partial charge on any atom is 0.156 e. The van der Waals surface area contributed by atoms with Crippen molar-refractivity contribution in [2.24, 2.45) is 5.73 Å². The monoisotopic (exact) mass is 235 g/mol. The third-order valence-corrected chi connectivity index (χ3v) is 2.66. The molecule has 3 nitrogen and oxygen atoms in total.